The molecule has 172 valence electrons. The molecular weight excluding hydrogens is 412 g/mol. The molecule has 0 unspecified atom stereocenters. The van der Waals surface area contributed by atoms with Crippen LogP contribution in [-0.4, -0.2) is 76.8 Å². The quantitative estimate of drug-likeness (QED) is 0.585. The number of carboxylic acid groups (broad SMARTS) is 2. The van der Waals surface area contributed by atoms with Crippen LogP contribution in [0.25, 0.3) is 0 Å². The Kier molecular flexibility index (Phi) is 8.92. The Morgan fingerprint density at radius 1 is 1.09 bits per heavy atom. The predicted molar refractivity (Wildman–Crippen MR) is 119 cm³/mol. The highest BCUT2D eigenvalue weighted by Crippen LogP contribution is 2.35. The first-order chi connectivity index (χ1) is 15.2. The van der Waals surface area contributed by atoms with Gasteiger partial charge >= 0.3 is 5.97 Å². The highest BCUT2D eigenvalue weighted by atomic mass is 16.4. The first-order valence-corrected chi connectivity index (χ1v) is 10.3. The van der Waals surface area contributed by atoms with E-state index in [9.17, 15) is 19.8 Å². The first kappa shape index (κ1) is 25.0. The number of aliphatic hydroxyl groups is 1. The van der Waals surface area contributed by atoms with Crippen molar-refractivity contribution < 1.29 is 29.7 Å². The molecule has 3 rings (SSSR count). The molecule has 2 aromatic carbocycles. The van der Waals surface area contributed by atoms with E-state index in [1.54, 1.807) is 26.2 Å². The van der Waals surface area contributed by atoms with Crippen LogP contribution in [0.2, 0.25) is 0 Å². The molecule has 0 aromatic heterocycles. The van der Waals surface area contributed by atoms with Gasteiger partial charge < -0.3 is 20.2 Å². The fourth-order valence-corrected chi connectivity index (χ4v) is 3.99. The molecule has 1 heterocycles. The summed E-state index contributed by atoms with van der Waals surface area (Å²) in [6.07, 6.45) is -0.190. The van der Waals surface area contributed by atoms with Crippen LogP contribution in [0.3, 0.4) is 0 Å². The van der Waals surface area contributed by atoms with E-state index in [4.69, 9.17) is 9.90 Å². The number of piperidine rings is 1. The van der Waals surface area contributed by atoms with Crippen molar-refractivity contribution in [1.29, 1.82) is 0 Å². The van der Waals surface area contributed by atoms with Crippen molar-refractivity contribution >= 4 is 18.3 Å². The third-order valence-corrected chi connectivity index (χ3v) is 5.66. The van der Waals surface area contributed by atoms with Crippen LogP contribution in [0.1, 0.15) is 27.9 Å². The van der Waals surface area contributed by atoms with Gasteiger partial charge in [0.2, 0.25) is 0 Å². The highest BCUT2D eigenvalue weighted by Gasteiger charge is 2.49. The SMILES string of the molecule is CN(C)C(=O)c1ccc(CN2CC[C@@H](O)[C@](Cc3ccccc3)(C(=O)O)C2)cc1.O=CO. The summed E-state index contributed by atoms with van der Waals surface area (Å²) in [5.74, 6) is -1.02. The molecule has 3 N–H and O–H groups in total. The number of carbonyl (C=O) groups is 3. The van der Waals surface area contributed by atoms with Crippen molar-refractivity contribution in [3.63, 3.8) is 0 Å². The second-order valence-corrected chi connectivity index (χ2v) is 8.14. The van der Waals surface area contributed by atoms with Crippen molar-refractivity contribution in [3.05, 3.63) is 71.3 Å². The molecule has 8 nitrogen and oxygen atoms in total. The Morgan fingerprint density at radius 2 is 1.69 bits per heavy atom. The van der Waals surface area contributed by atoms with Crippen LogP contribution in [0.4, 0.5) is 0 Å². The largest absolute Gasteiger partial charge is 0.483 e. The van der Waals surface area contributed by atoms with E-state index >= 15 is 0 Å². The average molecular weight is 443 g/mol. The van der Waals surface area contributed by atoms with Gasteiger partial charge in [-0.15, -0.1) is 0 Å². The van der Waals surface area contributed by atoms with Crippen molar-refractivity contribution in [2.45, 2.75) is 25.5 Å². The summed E-state index contributed by atoms with van der Waals surface area (Å²) in [7, 11) is 3.43. The Labute approximate surface area is 187 Å². The summed E-state index contributed by atoms with van der Waals surface area (Å²) >= 11 is 0. The van der Waals surface area contributed by atoms with E-state index in [2.05, 4.69) is 4.90 Å². The third kappa shape index (κ3) is 6.15. The van der Waals surface area contributed by atoms with Crippen LogP contribution in [0.15, 0.2) is 54.6 Å². The monoisotopic (exact) mass is 442 g/mol. The van der Waals surface area contributed by atoms with Crippen molar-refractivity contribution in [2.24, 2.45) is 5.41 Å². The molecular formula is C24H30N2O6. The second-order valence-electron chi connectivity index (χ2n) is 8.14. The van der Waals surface area contributed by atoms with Crippen molar-refractivity contribution in [1.82, 2.24) is 9.80 Å². The summed E-state index contributed by atoms with van der Waals surface area (Å²) in [5.41, 5.74) is 1.30. The van der Waals surface area contributed by atoms with Crippen molar-refractivity contribution in [2.75, 3.05) is 27.2 Å². The lowest BCUT2D eigenvalue weighted by Crippen LogP contribution is -2.56. The number of benzene rings is 2. The number of rotatable bonds is 6. The van der Waals surface area contributed by atoms with E-state index in [-0.39, 0.29) is 25.3 Å². The van der Waals surface area contributed by atoms with E-state index in [1.165, 1.54) is 4.90 Å². The molecule has 0 radical (unpaired) electrons. The summed E-state index contributed by atoms with van der Waals surface area (Å²) in [6, 6.07) is 16.9. The lowest BCUT2D eigenvalue weighted by atomic mass is 9.72. The van der Waals surface area contributed by atoms with Gasteiger partial charge in [0, 0.05) is 39.3 Å². The Bertz CT molecular complexity index is 900. The van der Waals surface area contributed by atoms with Crippen LogP contribution in [0, 0.1) is 5.41 Å². The number of aliphatic carboxylic acids is 1. The smallest absolute Gasteiger partial charge is 0.313 e. The third-order valence-electron chi connectivity index (χ3n) is 5.66. The van der Waals surface area contributed by atoms with Gasteiger partial charge in [0.1, 0.15) is 5.41 Å². The second kappa shape index (κ2) is 11.4. The molecule has 0 spiro atoms. The zero-order chi connectivity index (χ0) is 23.7. The Morgan fingerprint density at radius 3 is 2.22 bits per heavy atom. The fraction of sp³-hybridized carbons (Fsp3) is 0.375. The van der Waals surface area contributed by atoms with Gasteiger partial charge in [-0.25, -0.2) is 0 Å². The van der Waals surface area contributed by atoms with Gasteiger partial charge in [0.05, 0.1) is 6.10 Å². The number of carboxylic acids is 1. The maximum Gasteiger partial charge on any atom is 0.313 e. The lowest BCUT2D eigenvalue weighted by Gasteiger charge is -2.43. The van der Waals surface area contributed by atoms with Crippen LogP contribution in [0.5, 0.6) is 0 Å². The van der Waals surface area contributed by atoms with E-state index in [0.717, 1.165) is 11.1 Å². The minimum atomic E-state index is -1.24. The van der Waals surface area contributed by atoms with Gasteiger partial charge in [0.15, 0.2) is 0 Å². The highest BCUT2D eigenvalue weighted by molar-refractivity contribution is 5.93. The Balaban J connectivity index is 0.00000114. The van der Waals surface area contributed by atoms with Gasteiger partial charge in [0.25, 0.3) is 12.4 Å². The summed E-state index contributed by atoms with van der Waals surface area (Å²) < 4.78 is 0. The number of hydrogen-bond donors (Lipinski definition) is 3. The number of hydrogen-bond acceptors (Lipinski definition) is 5. The van der Waals surface area contributed by atoms with E-state index < -0.39 is 17.5 Å². The molecule has 0 saturated carbocycles. The van der Waals surface area contributed by atoms with Crippen LogP contribution < -0.4 is 0 Å². The number of nitrogens with zero attached hydrogens (tertiary/aromatic N) is 2. The normalized spacial score (nSPS) is 20.5. The molecule has 2 atom stereocenters. The van der Waals surface area contributed by atoms with E-state index in [1.807, 2.05) is 42.5 Å². The van der Waals surface area contributed by atoms with Crippen LogP contribution >= 0.6 is 0 Å². The van der Waals surface area contributed by atoms with Crippen LogP contribution in [-0.2, 0) is 22.6 Å². The maximum atomic E-state index is 12.2. The zero-order valence-corrected chi connectivity index (χ0v) is 18.3. The Hall–Kier alpha value is -3.23. The van der Waals surface area contributed by atoms with Gasteiger partial charge in [-0.2, -0.15) is 0 Å². The maximum absolute atomic E-state index is 12.2. The fourth-order valence-electron chi connectivity index (χ4n) is 3.99. The summed E-state index contributed by atoms with van der Waals surface area (Å²) in [4.78, 5) is 36.3. The molecule has 32 heavy (non-hydrogen) atoms. The summed E-state index contributed by atoms with van der Waals surface area (Å²) in [6.45, 7) is 1.23. The number of amides is 1. The molecule has 1 fully saturated rings. The lowest BCUT2D eigenvalue weighted by molar-refractivity contribution is -0.163. The standard InChI is InChI=1S/C23H28N2O4.CH2O2/c1-24(2)21(27)19-10-8-18(9-11-19)15-25-13-12-20(26)23(16-25,22(28)29)14-17-6-4-3-5-7-17;2-1-3/h3-11,20,26H,12-16H2,1-2H3,(H,28,29);1H,(H,2,3)/t20-,23-;/m1./s1. The molecule has 0 aliphatic carbocycles. The molecule has 1 amide bonds. The average Bonchev–Trinajstić information content (AvgIpc) is 2.77. The van der Waals surface area contributed by atoms with Gasteiger partial charge in [-0.05, 0) is 36.1 Å². The minimum absolute atomic E-state index is 0.0506. The van der Waals surface area contributed by atoms with Gasteiger partial charge in [-0.1, -0.05) is 42.5 Å². The number of carbonyl (C=O) groups excluding carboxylic acids is 1. The van der Waals surface area contributed by atoms with E-state index in [0.29, 0.717) is 25.1 Å². The summed E-state index contributed by atoms with van der Waals surface area (Å²) in [5, 5.41) is 27.5. The number of aliphatic hydroxyl groups excluding tert-OH is 1. The molecule has 1 aliphatic heterocycles. The first-order valence-electron chi connectivity index (χ1n) is 10.3. The zero-order valence-electron chi connectivity index (χ0n) is 18.3. The number of likely N-dealkylation sites (tertiary alicyclic amines) is 1. The molecule has 1 saturated heterocycles. The molecule has 0 bridgehead atoms. The predicted octanol–water partition coefficient (Wildman–Crippen LogP) is 1.97. The topological polar surface area (TPSA) is 118 Å². The minimum Gasteiger partial charge on any atom is -0.483 e. The van der Waals surface area contributed by atoms with Crippen molar-refractivity contribution in [3.8, 4) is 0 Å². The molecule has 2 aromatic rings. The van der Waals surface area contributed by atoms with Gasteiger partial charge in [-0.3, -0.25) is 19.3 Å². The molecule has 1 aliphatic rings. The molecule has 8 heteroatoms.